The first kappa shape index (κ1) is 45.5. The third-order valence-corrected chi connectivity index (χ3v) is 11.3. The number of nitrogens with zero attached hydrogens (tertiary/aromatic N) is 5. The highest BCUT2D eigenvalue weighted by molar-refractivity contribution is 7.47. The van der Waals surface area contributed by atoms with Gasteiger partial charge in [-0.05, 0) is 12.1 Å². The molecule has 15 atom stereocenters. The predicted octanol–water partition coefficient (Wildman–Crippen LogP) is -4.98. The molecule has 6 heterocycles. The zero-order valence-electron chi connectivity index (χ0n) is 30.0. The first-order chi connectivity index (χ1) is 28.1. The molecular formula is C27H36N8O22P3+. The Morgan fingerprint density at radius 2 is 1.12 bits per heavy atom. The summed E-state index contributed by atoms with van der Waals surface area (Å²) in [6.45, 7) is -3.04. The third kappa shape index (κ3) is 10.2. The standard InChI is InChI=1S/C27H35N8O22P3/c28-13-1-4-33(25(41)30-13)23-18(39)20(11(54-23)7-50-58(44)45)56-60(48,49)52-9-12-21(19(40)24(55-12)34-5-2-14(29)31-26(34)42)57-59(46,47)51-8-10-16(37)17(38)22(53-10)35-6-3-15(36)32-27(35)43/h1-6,10-12,16-24,37-40H,7-9H2,(H7-,28,29,30,31,32,36,41,42,43,44,45,46,47,48,49)/p+1/t10-,11-,12-,16-,17-,18-,19-,20-,21-,22-,23-,24-/m1/s1. The number of anilines is 2. The van der Waals surface area contributed by atoms with E-state index in [4.69, 9.17) is 48.7 Å². The van der Waals surface area contributed by atoms with E-state index < -0.39 is 140 Å². The van der Waals surface area contributed by atoms with E-state index in [1.807, 2.05) is 4.98 Å². The number of phosphoric ester groups is 2. The summed E-state index contributed by atoms with van der Waals surface area (Å²) in [6.07, 6.45) is -19.0. The van der Waals surface area contributed by atoms with E-state index in [9.17, 15) is 63.1 Å². The summed E-state index contributed by atoms with van der Waals surface area (Å²) in [5.41, 5.74) is 7.09. The number of H-pyrrole nitrogens is 1. The molecular weight excluding hydrogens is 881 g/mol. The molecule has 3 aromatic heterocycles. The highest BCUT2D eigenvalue weighted by Crippen LogP contribution is 2.52. The number of ether oxygens (including phenoxy) is 3. The maximum absolute atomic E-state index is 13.3. The van der Waals surface area contributed by atoms with Crippen LogP contribution in [0.25, 0.3) is 0 Å². The molecule has 30 nitrogen and oxygen atoms in total. The normalized spacial score (nSPS) is 32.8. The van der Waals surface area contributed by atoms with Gasteiger partial charge in [0.1, 0.15) is 73.2 Å². The molecule has 3 aliphatic rings. The molecule has 60 heavy (non-hydrogen) atoms. The number of aliphatic hydroxyl groups is 4. The maximum Gasteiger partial charge on any atom is 0.694 e. The zero-order chi connectivity index (χ0) is 43.8. The molecule has 3 aliphatic heterocycles. The molecule has 330 valence electrons. The van der Waals surface area contributed by atoms with Crippen LogP contribution in [0.1, 0.15) is 18.7 Å². The van der Waals surface area contributed by atoms with Crippen LogP contribution in [-0.4, -0.2) is 139 Å². The summed E-state index contributed by atoms with van der Waals surface area (Å²) in [5, 5.41) is 43.3. The highest BCUT2D eigenvalue weighted by atomic mass is 31.2. The summed E-state index contributed by atoms with van der Waals surface area (Å²) in [4.78, 5) is 88.3. The van der Waals surface area contributed by atoms with Crippen molar-refractivity contribution in [2.24, 2.45) is 0 Å². The molecule has 3 aromatic rings. The van der Waals surface area contributed by atoms with Crippen LogP contribution in [-0.2, 0) is 50.5 Å². The molecule has 0 amide bonds. The van der Waals surface area contributed by atoms with E-state index in [2.05, 4.69) is 14.5 Å². The predicted molar refractivity (Wildman–Crippen MR) is 190 cm³/mol. The number of aliphatic hydroxyl groups excluding tert-OH is 4. The average molecular weight is 918 g/mol. The Balaban J connectivity index is 1.18. The van der Waals surface area contributed by atoms with Crippen LogP contribution < -0.4 is 34.1 Å². The summed E-state index contributed by atoms with van der Waals surface area (Å²) in [6, 6.07) is 3.19. The molecule has 0 bridgehead atoms. The van der Waals surface area contributed by atoms with Crippen LogP contribution in [0, 0.1) is 0 Å². The smallest absolute Gasteiger partial charge is 0.387 e. The number of aromatic amines is 1. The van der Waals surface area contributed by atoms with Crippen LogP contribution in [0.5, 0.6) is 0 Å². The molecule has 0 aromatic carbocycles. The van der Waals surface area contributed by atoms with Gasteiger partial charge in [0.2, 0.25) is 0 Å². The lowest BCUT2D eigenvalue weighted by Crippen LogP contribution is -2.39. The van der Waals surface area contributed by atoms with Crippen molar-refractivity contribution in [2.45, 2.75) is 73.6 Å². The topological polar surface area (TPSA) is 443 Å². The summed E-state index contributed by atoms with van der Waals surface area (Å²) in [7, 11) is -14.2. The van der Waals surface area contributed by atoms with E-state index in [0.717, 1.165) is 45.9 Å². The van der Waals surface area contributed by atoms with Gasteiger partial charge in [0, 0.05) is 29.2 Å². The van der Waals surface area contributed by atoms with Crippen molar-refractivity contribution in [3.05, 3.63) is 78.6 Å². The Labute approximate surface area is 333 Å². The Morgan fingerprint density at radius 3 is 1.58 bits per heavy atom. The first-order valence-corrected chi connectivity index (χ1v) is 21.1. The molecule has 3 unspecified atom stereocenters. The van der Waals surface area contributed by atoms with Crippen molar-refractivity contribution >= 4 is 35.5 Å². The summed E-state index contributed by atoms with van der Waals surface area (Å²) in [5.74, 6) is -0.449. The van der Waals surface area contributed by atoms with Gasteiger partial charge in [-0.25, -0.2) is 23.5 Å². The molecule has 3 saturated heterocycles. The van der Waals surface area contributed by atoms with Crippen LogP contribution in [0.15, 0.2) is 56.0 Å². The second-order valence-electron chi connectivity index (χ2n) is 13.0. The van der Waals surface area contributed by atoms with Crippen molar-refractivity contribution in [2.75, 3.05) is 31.3 Å². The molecule has 12 N–H and O–H groups in total. The maximum atomic E-state index is 13.3. The molecule has 33 heteroatoms. The van der Waals surface area contributed by atoms with Gasteiger partial charge in [-0.1, -0.05) is 0 Å². The van der Waals surface area contributed by atoms with Gasteiger partial charge in [-0.15, -0.1) is 9.42 Å². The quantitative estimate of drug-likeness (QED) is 0.0602. The summed E-state index contributed by atoms with van der Waals surface area (Å²) >= 11 is 0. The fourth-order valence-corrected chi connectivity index (χ4v) is 8.43. The Morgan fingerprint density at radius 1 is 0.683 bits per heavy atom. The Hall–Kier alpha value is -4.00. The fourth-order valence-electron chi connectivity index (χ4n) is 6.23. The number of nitrogens with two attached hydrogens (primary N) is 2. The molecule has 6 rings (SSSR count). The molecule has 3 fully saturated rings. The number of rotatable bonds is 16. The van der Waals surface area contributed by atoms with Crippen molar-refractivity contribution in [3.8, 4) is 0 Å². The van der Waals surface area contributed by atoms with E-state index in [-0.39, 0.29) is 11.6 Å². The first-order valence-electron chi connectivity index (χ1n) is 16.9. The molecule has 0 radical (unpaired) electrons. The van der Waals surface area contributed by atoms with E-state index >= 15 is 0 Å². The van der Waals surface area contributed by atoms with Crippen molar-refractivity contribution < 1.29 is 85.6 Å². The number of nitrogen functional groups attached to an aromatic ring is 2. The highest BCUT2D eigenvalue weighted by Gasteiger charge is 2.53. The molecule has 0 aliphatic carbocycles. The van der Waals surface area contributed by atoms with E-state index in [1.54, 1.807) is 0 Å². The van der Waals surface area contributed by atoms with E-state index in [0.29, 0.717) is 4.57 Å². The minimum Gasteiger partial charge on any atom is -0.387 e. The number of hydrogen-bond donors (Lipinski definition) is 10. The van der Waals surface area contributed by atoms with Crippen LogP contribution in [0.2, 0.25) is 0 Å². The lowest BCUT2D eigenvalue weighted by molar-refractivity contribution is -0.0638. The lowest BCUT2D eigenvalue weighted by Gasteiger charge is -2.25. The minimum atomic E-state index is -5.48. The Kier molecular flexibility index (Phi) is 13.8. The number of phosphoric acid groups is 2. The SMILES string of the molecule is Nc1ccn([C@@H]2O[C@H](CO[P+](=O)O)[C@@H](OP(=O)(O)OC[C@H]3O[C@@H](n4ccc(N)nc4=O)[C@H](O)[C@@H]3OP(=O)(O)OC[C@H]3O[C@@H](n4ccc(=O)[nH]c4=O)[C@H](O)[C@@H]3O)[C@H]2O)c(=O)n1. The van der Waals surface area contributed by atoms with Gasteiger partial charge in [0.05, 0.1) is 13.2 Å². The second kappa shape index (κ2) is 18.2. The number of nitrogens with one attached hydrogen (secondary N) is 1. The van der Waals surface area contributed by atoms with Gasteiger partial charge in [-0.2, -0.15) is 9.97 Å². The minimum absolute atomic E-state index is 0.203. The van der Waals surface area contributed by atoms with Gasteiger partial charge in [0.15, 0.2) is 18.7 Å². The van der Waals surface area contributed by atoms with Crippen molar-refractivity contribution in [1.29, 1.82) is 0 Å². The van der Waals surface area contributed by atoms with Crippen LogP contribution >= 0.6 is 23.9 Å². The monoisotopic (exact) mass is 917 g/mol. The van der Waals surface area contributed by atoms with E-state index in [1.165, 1.54) is 0 Å². The van der Waals surface area contributed by atoms with Crippen molar-refractivity contribution in [1.82, 2.24) is 28.7 Å². The number of hydrogen-bond acceptors (Lipinski definition) is 23. The largest absolute Gasteiger partial charge is 0.694 e. The Bertz CT molecular complexity index is 2400. The second-order valence-corrected chi connectivity index (χ2v) is 16.5. The average Bonchev–Trinajstić information content (AvgIpc) is 3.74. The van der Waals surface area contributed by atoms with Crippen LogP contribution in [0.4, 0.5) is 11.6 Å². The van der Waals surface area contributed by atoms with Gasteiger partial charge in [0.25, 0.3) is 5.56 Å². The zero-order valence-corrected chi connectivity index (χ0v) is 32.7. The molecule has 0 saturated carbocycles. The number of aromatic nitrogens is 6. The lowest BCUT2D eigenvalue weighted by atomic mass is 10.1. The fraction of sp³-hybridized carbons (Fsp3) is 0.556. The third-order valence-electron chi connectivity index (χ3n) is 9.00. The van der Waals surface area contributed by atoms with Gasteiger partial charge in [-0.3, -0.25) is 41.6 Å². The van der Waals surface area contributed by atoms with Crippen LogP contribution in [0.3, 0.4) is 0 Å². The van der Waals surface area contributed by atoms with Gasteiger partial charge >= 0.3 is 41.0 Å². The molecule has 0 spiro atoms. The summed E-state index contributed by atoms with van der Waals surface area (Å²) < 4.78 is 81.5. The van der Waals surface area contributed by atoms with Gasteiger partial charge < -0.3 is 55.9 Å². The van der Waals surface area contributed by atoms with Crippen molar-refractivity contribution in [3.63, 3.8) is 0 Å².